The van der Waals surface area contributed by atoms with Gasteiger partial charge in [0.25, 0.3) is 5.91 Å². The van der Waals surface area contributed by atoms with Crippen LogP contribution in [0.15, 0.2) is 56.3 Å². The van der Waals surface area contributed by atoms with E-state index in [1.165, 1.54) is 10.4 Å². The normalized spacial score (nSPS) is 15.6. The van der Waals surface area contributed by atoms with E-state index in [9.17, 15) is 13.2 Å². The molecule has 0 bridgehead atoms. The Hall–Kier alpha value is -1.26. The van der Waals surface area contributed by atoms with E-state index >= 15 is 0 Å². The summed E-state index contributed by atoms with van der Waals surface area (Å²) in [5.41, 5.74) is 0.890. The van der Waals surface area contributed by atoms with Crippen molar-refractivity contribution in [1.29, 1.82) is 0 Å². The Kier molecular flexibility index (Phi) is 6.13. The summed E-state index contributed by atoms with van der Waals surface area (Å²) in [4.78, 5) is 12.6. The van der Waals surface area contributed by atoms with Gasteiger partial charge in [-0.05, 0) is 58.4 Å². The van der Waals surface area contributed by atoms with Crippen LogP contribution in [-0.2, 0) is 14.8 Å². The van der Waals surface area contributed by atoms with Crippen molar-refractivity contribution in [3.8, 4) is 0 Å². The maximum absolute atomic E-state index is 12.9. The number of nitrogens with zero attached hydrogens (tertiary/aromatic N) is 1. The molecule has 1 aliphatic rings. The van der Waals surface area contributed by atoms with Crippen molar-refractivity contribution in [2.75, 3.05) is 31.6 Å². The van der Waals surface area contributed by atoms with Crippen molar-refractivity contribution in [3.63, 3.8) is 0 Å². The standard InChI is InChI=1S/C17H16Br2N2O4S/c18-13-2-4-14(5-3-13)20-17(22)12-1-6-15(19)16(11-12)26(23,24)21-7-9-25-10-8-21/h1-6,11H,7-10H2,(H,20,22). The molecule has 1 N–H and O–H groups in total. The van der Waals surface area contributed by atoms with E-state index in [2.05, 4.69) is 37.2 Å². The molecule has 1 heterocycles. The van der Waals surface area contributed by atoms with Gasteiger partial charge in [0.05, 0.1) is 18.1 Å². The lowest BCUT2D eigenvalue weighted by molar-refractivity contribution is 0.0730. The molecule has 1 aliphatic heterocycles. The summed E-state index contributed by atoms with van der Waals surface area (Å²) < 4.78 is 33.7. The highest BCUT2D eigenvalue weighted by molar-refractivity contribution is 9.10. The van der Waals surface area contributed by atoms with Gasteiger partial charge in [0.15, 0.2) is 0 Å². The zero-order chi connectivity index (χ0) is 18.7. The van der Waals surface area contributed by atoms with Crippen molar-refractivity contribution in [3.05, 3.63) is 57.0 Å². The fourth-order valence-electron chi connectivity index (χ4n) is 2.50. The van der Waals surface area contributed by atoms with Crippen molar-refractivity contribution >= 4 is 53.5 Å². The van der Waals surface area contributed by atoms with Crippen molar-refractivity contribution in [2.45, 2.75) is 4.90 Å². The molecular formula is C17H16Br2N2O4S. The van der Waals surface area contributed by atoms with E-state index in [4.69, 9.17) is 4.74 Å². The van der Waals surface area contributed by atoms with Crippen LogP contribution >= 0.6 is 31.9 Å². The van der Waals surface area contributed by atoms with E-state index in [1.54, 1.807) is 24.3 Å². The Morgan fingerprint density at radius 2 is 1.69 bits per heavy atom. The first kappa shape index (κ1) is 19.5. The molecule has 0 unspecified atom stereocenters. The molecule has 3 rings (SSSR count). The van der Waals surface area contributed by atoms with Gasteiger partial charge in [-0.3, -0.25) is 4.79 Å². The molecule has 0 aliphatic carbocycles. The number of carbonyl (C=O) groups excluding carboxylic acids is 1. The first-order valence-corrected chi connectivity index (χ1v) is 10.8. The number of ether oxygens (including phenoxy) is 1. The number of hydrogen-bond acceptors (Lipinski definition) is 4. The molecule has 0 radical (unpaired) electrons. The largest absolute Gasteiger partial charge is 0.379 e. The molecule has 2 aromatic rings. The lowest BCUT2D eigenvalue weighted by atomic mass is 10.2. The number of anilines is 1. The predicted octanol–water partition coefficient (Wildman–Crippen LogP) is 3.48. The minimum absolute atomic E-state index is 0.0721. The topological polar surface area (TPSA) is 75.7 Å². The maximum atomic E-state index is 12.9. The molecule has 138 valence electrons. The lowest BCUT2D eigenvalue weighted by Gasteiger charge is -2.26. The van der Waals surface area contributed by atoms with E-state index in [-0.39, 0.29) is 16.4 Å². The van der Waals surface area contributed by atoms with Crippen molar-refractivity contribution < 1.29 is 17.9 Å². The van der Waals surface area contributed by atoms with E-state index in [0.717, 1.165) is 4.47 Å². The van der Waals surface area contributed by atoms with Gasteiger partial charge in [-0.2, -0.15) is 4.31 Å². The number of nitrogens with one attached hydrogen (secondary N) is 1. The smallest absolute Gasteiger partial charge is 0.255 e. The van der Waals surface area contributed by atoms with Gasteiger partial charge in [-0.15, -0.1) is 0 Å². The zero-order valence-corrected chi connectivity index (χ0v) is 17.6. The van der Waals surface area contributed by atoms with Gasteiger partial charge in [-0.1, -0.05) is 15.9 Å². The molecule has 9 heteroatoms. The number of amides is 1. The Morgan fingerprint density at radius 1 is 1.04 bits per heavy atom. The van der Waals surface area contributed by atoms with Gasteiger partial charge in [0, 0.05) is 33.3 Å². The number of rotatable bonds is 4. The van der Waals surface area contributed by atoms with E-state index in [1.807, 2.05) is 12.1 Å². The van der Waals surface area contributed by atoms with Gasteiger partial charge >= 0.3 is 0 Å². The highest BCUT2D eigenvalue weighted by Gasteiger charge is 2.29. The molecule has 0 saturated carbocycles. The monoisotopic (exact) mass is 502 g/mol. The summed E-state index contributed by atoms with van der Waals surface area (Å²) >= 11 is 6.62. The van der Waals surface area contributed by atoms with Crippen LogP contribution < -0.4 is 5.32 Å². The predicted molar refractivity (Wildman–Crippen MR) is 106 cm³/mol. The average molecular weight is 504 g/mol. The van der Waals surface area contributed by atoms with Gasteiger partial charge in [0.1, 0.15) is 0 Å². The van der Waals surface area contributed by atoms with Crippen LogP contribution in [0.1, 0.15) is 10.4 Å². The van der Waals surface area contributed by atoms with Crippen LogP contribution in [0, 0.1) is 0 Å². The fourth-order valence-corrected chi connectivity index (χ4v) is 5.13. The minimum Gasteiger partial charge on any atom is -0.379 e. The fraction of sp³-hybridized carbons (Fsp3) is 0.235. The number of benzene rings is 2. The summed E-state index contributed by atoms with van der Waals surface area (Å²) in [5.74, 6) is -0.377. The summed E-state index contributed by atoms with van der Waals surface area (Å²) in [5, 5.41) is 2.76. The van der Waals surface area contributed by atoms with Crippen molar-refractivity contribution in [2.24, 2.45) is 0 Å². The van der Waals surface area contributed by atoms with Crippen LogP contribution in [0.4, 0.5) is 5.69 Å². The quantitative estimate of drug-likeness (QED) is 0.693. The Labute approximate surface area is 168 Å². The molecular weight excluding hydrogens is 488 g/mol. The van der Waals surface area contributed by atoms with Crippen molar-refractivity contribution in [1.82, 2.24) is 4.31 Å². The Morgan fingerprint density at radius 3 is 2.35 bits per heavy atom. The minimum atomic E-state index is -3.71. The highest BCUT2D eigenvalue weighted by Crippen LogP contribution is 2.27. The zero-order valence-electron chi connectivity index (χ0n) is 13.6. The first-order valence-electron chi connectivity index (χ1n) is 7.82. The SMILES string of the molecule is O=C(Nc1ccc(Br)cc1)c1ccc(Br)c(S(=O)(=O)N2CCOCC2)c1. The molecule has 1 amide bonds. The van der Waals surface area contributed by atoms with Gasteiger partial charge in [-0.25, -0.2) is 8.42 Å². The van der Waals surface area contributed by atoms with E-state index < -0.39 is 10.0 Å². The molecule has 0 aromatic heterocycles. The third-order valence-corrected chi connectivity index (χ3v) is 7.30. The lowest BCUT2D eigenvalue weighted by Crippen LogP contribution is -2.40. The average Bonchev–Trinajstić information content (AvgIpc) is 2.64. The third kappa shape index (κ3) is 4.34. The number of morpholine rings is 1. The van der Waals surface area contributed by atoms with Crippen LogP contribution in [0.3, 0.4) is 0 Å². The molecule has 6 nitrogen and oxygen atoms in total. The molecule has 2 aromatic carbocycles. The summed E-state index contributed by atoms with van der Waals surface area (Å²) in [6.07, 6.45) is 0. The molecule has 1 saturated heterocycles. The highest BCUT2D eigenvalue weighted by atomic mass is 79.9. The van der Waals surface area contributed by atoms with Crippen LogP contribution in [0.2, 0.25) is 0 Å². The number of halogens is 2. The molecule has 26 heavy (non-hydrogen) atoms. The number of sulfonamides is 1. The molecule has 0 spiro atoms. The molecule has 1 fully saturated rings. The second-order valence-corrected chi connectivity index (χ2v) is 9.30. The number of hydrogen-bond donors (Lipinski definition) is 1. The van der Waals surface area contributed by atoms with Gasteiger partial charge in [0.2, 0.25) is 10.0 Å². The summed E-state index contributed by atoms with van der Waals surface area (Å²) in [6, 6.07) is 11.7. The second kappa shape index (κ2) is 8.18. The van der Waals surface area contributed by atoms with Gasteiger partial charge < -0.3 is 10.1 Å². The third-order valence-electron chi connectivity index (χ3n) is 3.88. The first-order chi connectivity index (χ1) is 12.4. The Balaban J connectivity index is 1.87. The Bertz CT molecular complexity index is 911. The summed E-state index contributed by atoms with van der Waals surface area (Å²) in [7, 11) is -3.71. The van der Waals surface area contributed by atoms with Crippen LogP contribution in [-0.4, -0.2) is 44.9 Å². The molecule has 0 atom stereocenters. The van der Waals surface area contributed by atoms with Crippen LogP contribution in [0.5, 0.6) is 0 Å². The van der Waals surface area contributed by atoms with E-state index in [0.29, 0.717) is 36.5 Å². The maximum Gasteiger partial charge on any atom is 0.255 e. The van der Waals surface area contributed by atoms with Crippen LogP contribution in [0.25, 0.3) is 0 Å². The second-order valence-electron chi connectivity index (χ2n) is 5.62. The summed E-state index contributed by atoms with van der Waals surface area (Å²) in [6.45, 7) is 1.31. The number of carbonyl (C=O) groups is 1.